The van der Waals surface area contributed by atoms with Gasteiger partial charge in [-0.1, -0.05) is 140 Å². The van der Waals surface area contributed by atoms with Crippen LogP contribution in [0.5, 0.6) is 0 Å². The molecule has 0 N–H and O–H groups in total. The maximum atomic E-state index is 9.81. The number of hydrogen-bond acceptors (Lipinski definition) is 5. The quantitative estimate of drug-likeness (QED) is 0.167. The molecule has 0 atom stereocenters. The number of aromatic nitrogens is 2. The number of aliphatic imine (C=N–C) groups is 1. The molecule has 0 fully saturated rings. The number of hydrogen-bond donors (Lipinski definition) is 0. The average Bonchev–Trinajstić information content (AvgIpc) is 4.03. The maximum Gasteiger partial charge on any atom is 0.159 e. The number of nitrogens with zero attached hydrogens (tertiary/aromatic N) is 4. The average molecular weight is 875 g/mol. The Hall–Kier alpha value is -8.63. The van der Waals surface area contributed by atoms with Crippen molar-refractivity contribution < 1.29 is 4.42 Å². The second kappa shape index (κ2) is 15.5. The molecule has 5 heterocycles. The van der Waals surface area contributed by atoms with Gasteiger partial charge in [-0.15, -0.1) is 11.3 Å². The Labute approximate surface area is 390 Å². The summed E-state index contributed by atoms with van der Waals surface area (Å²) in [5, 5.41) is 16.7. The van der Waals surface area contributed by atoms with Crippen molar-refractivity contribution in [1.82, 2.24) is 9.55 Å². The molecule has 8 aromatic carbocycles. The summed E-state index contributed by atoms with van der Waals surface area (Å²) in [6, 6.07) is 68.4. The van der Waals surface area contributed by atoms with Gasteiger partial charge >= 0.3 is 0 Å². The molecule has 67 heavy (non-hydrogen) atoms. The van der Waals surface area contributed by atoms with E-state index < -0.39 is 0 Å². The van der Waals surface area contributed by atoms with Crippen LogP contribution in [0.4, 0.5) is 0 Å². The van der Waals surface area contributed by atoms with Crippen LogP contribution in [0.1, 0.15) is 35.7 Å². The van der Waals surface area contributed by atoms with Crippen LogP contribution in [0.2, 0.25) is 0 Å². The number of allylic oxidation sites excluding steroid dienone is 3. The SMILES string of the molecule is CC1=C(c2nccc3sc4ccc(-c5ccc6c(c5)c5ccccc5n6-c5cccc6c5oc5ccccc56)cc4c23)N=C(c2ccc(-c3ccccc3C#N)cc2)CC=C1c1ccccc1. The van der Waals surface area contributed by atoms with Gasteiger partial charge < -0.3 is 8.98 Å². The first kappa shape index (κ1) is 38.8. The topological polar surface area (TPSA) is 67.1 Å². The van der Waals surface area contributed by atoms with Gasteiger partial charge in [0.1, 0.15) is 5.58 Å². The van der Waals surface area contributed by atoms with E-state index in [1.54, 1.807) is 11.3 Å². The summed E-state index contributed by atoms with van der Waals surface area (Å²) in [5.74, 6) is 0. The lowest BCUT2D eigenvalue weighted by atomic mass is 9.94. The lowest BCUT2D eigenvalue weighted by Gasteiger charge is -2.13. The molecule has 0 amide bonds. The molecule has 5 nitrogen and oxygen atoms in total. The predicted molar refractivity (Wildman–Crippen MR) is 279 cm³/mol. The van der Waals surface area contributed by atoms with E-state index in [1.165, 1.54) is 20.2 Å². The lowest BCUT2D eigenvalue weighted by Crippen LogP contribution is -2.01. The zero-order chi connectivity index (χ0) is 44.6. The van der Waals surface area contributed by atoms with E-state index in [2.05, 4.69) is 175 Å². The first-order chi connectivity index (χ1) is 33.1. The smallest absolute Gasteiger partial charge is 0.159 e. The zero-order valence-corrected chi connectivity index (χ0v) is 37.2. The highest BCUT2D eigenvalue weighted by Crippen LogP contribution is 2.44. The number of para-hydroxylation sites is 3. The van der Waals surface area contributed by atoms with Gasteiger partial charge in [-0.05, 0) is 106 Å². The first-order valence-corrected chi connectivity index (χ1v) is 23.3. The molecular weight excluding hydrogens is 837 g/mol. The third-order valence-corrected chi connectivity index (χ3v) is 14.5. The Kier molecular flexibility index (Phi) is 8.99. The third-order valence-electron chi connectivity index (χ3n) is 13.4. The fourth-order valence-electron chi connectivity index (χ4n) is 10.2. The van der Waals surface area contributed by atoms with Crippen LogP contribution >= 0.6 is 11.3 Å². The number of rotatable bonds is 6. The number of furan rings is 1. The van der Waals surface area contributed by atoms with Gasteiger partial charge in [-0.2, -0.15) is 5.26 Å². The maximum absolute atomic E-state index is 9.81. The molecule has 0 saturated carbocycles. The Bertz CT molecular complexity index is 4140. The van der Waals surface area contributed by atoms with Crippen molar-refractivity contribution in [1.29, 1.82) is 5.26 Å². The van der Waals surface area contributed by atoms with E-state index in [0.29, 0.717) is 12.0 Å². The van der Waals surface area contributed by atoms with E-state index in [1.807, 2.05) is 42.6 Å². The first-order valence-electron chi connectivity index (χ1n) is 22.5. The summed E-state index contributed by atoms with van der Waals surface area (Å²) < 4.78 is 11.3. The molecule has 0 aliphatic carbocycles. The highest BCUT2D eigenvalue weighted by Gasteiger charge is 2.23. The van der Waals surface area contributed by atoms with Gasteiger partial charge in [0, 0.05) is 54.3 Å². The van der Waals surface area contributed by atoms with Crippen LogP contribution < -0.4 is 0 Å². The van der Waals surface area contributed by atoms with Gasteiger partial charge in [0.2, 0.25) is 0 Å². The lowest BCUT2D eigenvalue weighted by molar-refractivity contribution is 0.666. The van der Waals surface area contributed by atoms with Crippen molar-refractivity contribution in [2.45, 2.75) is 13.3 Å². The number of nitriles is 1. The minimum Gasteiger partial charge on any atom is -0.454 e. The summed E-state index contributed by atoms with van der Waals surface area (Å²) >= 11 is 1.79. The minimum atomic E-state index is 0.649. The van der Waals surface area contributed by atoms with Crippen LogP contribution in [-0.2, 0) is 0 Å². The molecule has 0 bridgehead atoms. The highest BCUT2D eigenvalue weighted by molar-refractivity contribution is 7.25. The molecule has 0 spiro atoms. The van der Waals surface area contributed by atoms with E-state index in [-0.39, 0.29) is 0 Å². The van der Waals surface area contributed by atoms with Crippen molar-refractivity contribution in [3.8, 4) is 34.0 Å². The molecule has 0 saturated heterocycles. The van der Waals surface area contributed by atoms with Gasteiger partial charge in [-0.3, -0.25) is 4.98 Å². The number of thiophene rings is 1. The van der Waals surface area contributed by atoms with Gasteiger partial charge in [0.25, 0.3) is 0 Å². The van der Waals surface area contributed by atoms with E-state index in [0.717, 1.165) is 111 Å². The highest BCUT2D eigenvalue weighted by atomic mass is 32.1. The van der Waals surface area contributed by atoms with E-state index >= 15 is 0 Å². The molecule has 0 radical (unpaired) electrons. The second-order valence-electron chi connectivity index (χ2n) is 17.1. The molecular formula is C61H38N4OS. The number of fused-ring (bicyclic) bond motifs is 9. The van der Waals surface area contributed by atoms with Crippen LogP contribution in [0, 0.1) is 11.3 Å². The Morgan fingerprint density at radius 3 is 2.15 bits per heavy atom. The fourth-order valence-corrected chi connectivity index (χ4v) is 11.3. The van der Waals surface area contributed by atoms with Gasteiger partial charge in [0.05, 0.1) is 45.5 Å². The summed E-state index contributed by atoms with van der Waals surface area (Å²) in [5.41, 5.74) is 17.0. The number of pyridine rings is 1. The molecule has 13 rings (SSSR count). The molecule has 1 aliphatic heterocycles. The van der Waals surface area contributed by atoms with Gasteiger partial charge in [-0.25, -0.2) is 4.99 Å². The number of benzene rings is 8. The molecule has 1 aliphatic rings. The van der Waals surface area contributed by atoms with Crippen molar-refractivity contribution >= 4 is 92.2 Å². The van der Waals surface area contributed by atoms with E-state index in [4.69, 9.17) is 14.4 Å². The van der Waals surface area contributed by atoms with Crippen molar-refractivity contribution in [2.24, 2.45) is 4.99 Å². The molecule has 0 unspecified atom stereocenters. The van der Waals surface area contributed by atoms with Crippen LogP contribution in [0.25, 0.3) is 103 Å². The Morgan fingerprint density at radius 1 is 0.582 bits per heavy atom. The Morgan fingerprint density at radius 2 is 1.28 bits per heavy atom. The molecule has 6 heteroatoms. The van der Waals surface area contributed by atoms with Crippen molar-refractivity contribution in [3.63, 3.8) is 0 Å². The molecule has 314 valence electrons. The molecule has 12 aromatic rings. The van der Waals surface area contributed by atoms with Crippen LogP contribution in [0.3, 0.4) is 0 Å². The zero-order valence-electron chi connectivity index (χ0n) is 36.4. The molecule has 4 aromatic heterocycles. The normalized spacial score (nSPS) is 13.2. The minimum absolute atomic E-state index is 0.649. The largest absolute Gasteiger partial charge is 0.454 e. The third kappa shape index (κ3) is 6.28. The van der Waals surface area contributed by atoms with Crippen molar-refractivity contribution in [3.05, 3.63) is 228 Å². The second-order valence-corrected chi connectivity index (χ2v) is 18.2. The summed E-state index contributed by atoms with van der Waals surface area (Å²) in [7, 11) is 0. The summed E-state index contributed by atoms with van der Waals surface area (Å²) in [6.45, 7) is 2.18. The van der Waals surface area contributed by atoms with Crippen LogP contribution in [-0.4, -0.2) is 15.3 Å². The van der Waals surface area contributed by atoms with Gasteiger partial charge in [0.15, 0.2) is 5.58 Å². The standard InChI is InChI=1S/C61H38N4OS/c1-37-44(38-12-3-2-4-13-38)28-29-51(40-24-22-39(23-25-40)45-15-6-5-14-43(45)36-62)64-59(37)60-58-50-35-42(27-31-56(50)67-57(58)32-33-63-60)41-26-30-53-49(34-41)46-16-7-9-19-52(46)65(53)54-20-11-18-48-47-17-8-10-21-55(47)66-61(48)54/h2-28,30-35H,29H2,1H3. The van der Waals surface area contributed by atoms with E-state index in [9.17, 15) is 5.26 Å². The summed E-state index contributed by atoms with van der Waals surface area (Å²) in [6.07, 6.45) is 4.89. The van der Waals surface area contributed by atoms with Crippen molar-refractivity contribution in [2.75, 3.05) is 0 Å². The van der Waals surface area contributed by atoms with Crippen LogP contribution in [0.15, 0.2) is 215 Å². The Balaban J connectivity index is 0.959. The summed E-state index contributed by atoms with van der Waals surface area (Å²) in [4.78, 5) is 10.8. The predicted octanol–water partition coefficient (Wildman–Crippen LogP) is 16.4. The fraction of sp³-hybridized carbons (Fsp3) is 0.0328. The monoisotopic (exact) mass is 874 g/mol.